The molecule has 0 radical (unpaired) electrons. The third-order valence-corrected chi connectivity index (χ3v) is 5.16. The topological polar surface area (TPSA) is 57.8 Å². The lowest BCUT2D eigenvalue weighted by Gasteiger charge is -2.47. The van der Waals surface area contributed by atoms with Crippen molar-refractivity contribution in [2.75, 3.05) is 6.54 Å². The summed E-state index contributed by atoms with van der Waals surface area (Å²) in [5.74, 6) is 0.124. The second kappa shape index (κ2) is 4.48. The minimum Gasteiger partial charge on any atom is -0.411 e. The Hall–Kier alpha value is -2.04. The smallest absolute Gasteiger partial charge is 0.167 e. The van der Waals surface area contributed by atoms with Gasteiger partial charge in [-0.3, -0.25) is 4.79 Å². The molecule has 0 unspecified atom stereocenters. The van der Waals surface area contributed by atoms with Gasteiger partial charge in [-0.2, -0.15) is 0 Å². The fraction of sp³-hybridized carbons (Fsp3) is 0.529. The van der Waals surface area contributed by atoms with Gasteiger partial charge < -0.3 is 14.7 Å². The van der Waals surface area contributed by atoms with Crippen LogP contribution >= 0.6 is 0 Å². The van der Waals surface area contributed by atoms with Gasteiger partial charge in [0.15, 0.2) is 5.78 Å². The molecule has 5 heteroatoms. The molecule has 1 aromatic heterocycles. The summed E-state index contributed by atoms with van der Waals surface area (Å²) in [6, 6.07) is 4.37. The molecule has 4 rings (SSSR count). The molecule has 0 spiro atoms. The molecule has 116 valence electrons. The molecular weight excluding hydrogens is 278 g/mol. The third-order valence-electron chi connectivity index (χ3n) is 5.16. The zero-order valence-corrected chi connectivity index (χ0v) is 13.0. The Morgan fingerprint density at radius 3 is 2.91 bits per heavy atom. The zero-order chi connectivity index (χ0) is 15.5. The van der Waals surface area contributed by atoms with Gasteiger partial charge in [-0.05, 0) is 24.0 Å². The van der Waals surface area contributed by atoms with Crippen LogP contribution in [-0.2, 0) is 11.3 Å². The van der Waals surface area contributed by atoms with Crippen molar-refractivity contribution < 1.29 is 10.0 Å². The van der Waals surface area contributed by atoms with Crippen molar-refractivity contribution >= 4 is 11.5 Å². The lowest BCUT2D eigenvalue weighted by molar-refractivity contribution is -0.118. The monoisotopic (exact) mass is 299 g/mol. The van der Waals surface area contributed by atoms with Crippen LogP contribution in [0.1, 0.15) is 44.8 Å². The number of Topliss-reactive ketones (excluding diaryl/α,β-unsaturated/α-hetero) is 1. The lowest BCUT2D eigenvalue weighted by Crippen LogP contribution is -2.46. The van der Waals surface area contributed by atoms with Gasteiger partial charge >= 0.3 is 0 Å². The summed E-state index contributed by atoms with van der Waals surface area (Å²) in [6.45, 7) is 6.13. The van der Waals surface area contributed by atoms with Crippen LogP contribution in [0.4, 0.5) is 0 Å². The summed E-state index contributed by atoms with van der Waals surface area (Å²) < 4.78 is 2.26. The number of ketones is 1. The van der Waals surface area contributed by atoms with Gasteiger partial charge in [-0.15, -0.1) is 0 Å². The van der Waals surface area contributed by atoms with Gasteiger partial charge in [-0.25, -0.2) is 0 Å². The van der Waals surface area contributed by atoms with E-state index in [1.165, 1.54) is 5.69 Å². The van der Waals surface area contributed by atoms with Gasteiger partial charge in [-0.1, -0.05) is 19.0 Å². The second-order valence-corrected chi connectivity index (χ2v) is 7.35. The molecule has 5 nitrogen and oxygen atoms in total. The van der Waals surface area contributed by atoms with Crippen LogP contribution < -0.4 is 0 Å². The maximum Gasteiger partial charge on any atom is 0.167 e. The van der Waals surface area contributed by atoms with Crippen molar-refractivity contribution in [2.24, 2.45) is 10.6 Å². The summed E-state index contributed by atoms with van der Waals surface area (Å²) in [4.78, 5) is 15.0. The van der Waals surface area contributed by atoms with Gasteiger partial charge in [0.05, 0.1) is 17.3 Å². The van der Waals surface area contributed by atoms with Crippen molar-refractivity contribution in [1.82, 2.24) is 9.47 Å². The Balaban J connectivity index is 1.86. The van der Waals surface area contributed by atoms with E-state index in [-0.39, 0.29) is 17.2 Å². The Bertz CT molecular complexity index is 711. The largest absolute Gasteiger partial charge is 0.411 e. The number of allylic oxidation sites excluding steroid dienone is 2. The van der Waals surface area contributed by atoms with Gasteiger partial charge in [0.2, 0.25) is 0 Å². The maximum absolute atomic E-state index is 12.6. The number of carbonyl (C=O) groups is 1. The SMILES string of the molecule is CC1(C)CC(=O)C2=C(C1)N1CCn3cccc3[C@@H]1C/C2=N/O. The predicted octanol–water partition coefficient (Wildman–Crippen LogP) is 2.72. The number of hydrogen-bond donors (Lipinski definition) is 1. The number of hydrogen-bond acceptors (Lipinski definition) is 4. The summed E-state index contributed by atoms with van der Waals surface area (Å²) in [7, 11) is 0. The molecule has 0 aromatic carbocycles. The average molecular weight is 299 g/mol. The number of fused-ring (bicyclic) bond motifs is 4. The quantitative estimate of drug-likeness (QED) is 0.592. The molecule has 0 fully saturated rings. The highest BCUT2D eigenvalue weighted by atomic mass is 16.4. The first kappa shape index (κ1) is 13.6. The Kier molecular flexibility index (Phi) is 2.77. The molecule has 0 bridgehead atoms. The Morgan fingerprint density at radius 1 is 1.32 bits per heavy atom. The second-order valence-electron chi connectivity index (χ2n) is 7.35. The highest BCUT2D eigenvalue weighted by Crippen LogP contribution is 2.46. The molecule has 3 heterocycles. The first-order valence-electron chi connectivity index (χ1n) is 7.89. The molecule has 0 saturated carbocycles. The maximum atomic E-state index is 12.6. The molecule has 3 aliphatic rings. The number of nitrogens with zero attached hydrogens (tertiary/aromatic N) is 3. The highest BCUT2D eigenvalue weighted by Gasteiger charge is 2.44. The van der Waals surface area contributed by atoms with Crippen LogP contribution in [0.15, 0.2) is 34.8 Å². The average Bonchev–Trinajstić information content (AvgIpc) is 2.93. The van der Waals surface area contributed by atoms with E-state index in [1.807, 2.05) is 0 Å². The number of aromatic nitrogens is 1. The lowest BCUT2D eigenvalue weighted by atomic mass is 9.72. The van der Waals surface area contributed by atoms with E-state index < -0.39 is 0 Å². The molecular formula is C17H21N3O2. The van der Waals surface area contributed by atoms with E-state index in [0.29, 0.717) is 24.1 Å². The fourth-order valence-electron chi connectivity index (χ4n) is 4.24. The van der Waals surface area contributed by atoms with Crippen molar-refractivity contribution in [3.05, 3.63) is 35.3 Å². The molecule has 0 saturated heterocycles. The van der Waals surface area contributed by atoms with E-state index >= 15 is 0 Å². The van der Waals surface area contributed by atoms with Crippen molar-refractivity contribution in [2.45, 2.75) is 45.7 Å². The van der Waals surface area contributed by atoms with E-state index in [2.05, 4.69) is 46.8 Å². The standard InChI is InChI=1S/C17H21N3O2/c1-17(2)9-14-16(15(21)10-17)11(18-22)8-13-12-4-3-5-19(12)6-7-20(13)14/h3-5,13,22H,6-10H2,1-2H3/b18-11-/t13-/m0/s1. The van der Waals surface area contributed by atoms with E-state index in [0.717, 1.165) is 25.2 Å². The fourth-order valence-corrected chi connectivity index (χ4v) is 4.24. The van der Waals surface area contributed by atoms with Crippen LogP contribution in [0.25, 0.3) is 0 Å². The first-order valence-corrected chi connectivity index (χ1v) is 7.89. The van der Waals surface area contributed by atoms with Crippen molar-refractivity contribution in [3.63, 3.8) is 0 Å². The highest BCUT2D eigenvalue weighted by molar-refractivity contribution is 6.24. The van der Waals surface area contributed by atoms with Crippen LogP contribution in [0.3, 0.4) is 0 Å². The van der Waals surface area contributed by atoms with Crippen molar-refractivity contribution in [3.8, 4) is 0 Å². The van der Waals surface area contributed by atoms with Crippen LogP contribution in [0.5, 0.6) is 0 Å². The van der Waals surface area contributed by atoms with Crippen molar-refractivity contribution in [1.29, 1.82) is 0 Å². The Labute approximate surface area is 129 Å². The van der Waals surface area contributed by atoms with E-state index in [9.17, 15) is 10.0 Å². The number of oxime groups is 1. The first-order chi connectivity index (χ1) is 10.5. The summed E-state index contributed by atoms with van der Waals surface area (Å²) >= 11 is 0. The Morgan fingerprint density at radius 2 is 2.14 bits per heavy atom. The predicted molar refractivity (Wildman–Crippen MR) is 82.8 cm³/mol. The van der Waals surface area contributed by atoms with Gasteiger partial charge in [0, 0.05) is 43.5 Å². The zero-order valence-electron chi connectivity index (χ0n) is 13.0. The molecule has 22 heavy (non-hydrogen) atoms. The van der Waals surface area contributed by atoms with Crippen LogP contribution in [0.2, 0.25) is 0 Å². The normalized spacial score (nSPS) is 28.5. The molecule has 1 aromatic rings. The van der Waals surface area contributed by atoms with E-state index in [1.54, 1.807) is 0 Å². The third kappa shape index (κ3) is 1.84. The van der Waals surface area contributed by atoms with Gasteiger partial charge in [0.25, 0.3) is 0 Å². The number of rotatable bonds is 0. The molecule has 1 N–H and O–H groups in total. The summed E-state index contributed by atoms with van der Waals surface area (Å²) in [5.41, 5.74) is 3.54. The minimum atomic E-state index is -0.0299. The van der Waals surface area contributed by atoms with Gasteiger partial charge in [0.1, 0.15) is 0 Å². The number of carbonyl (C=O) groups excluding carboxylic acids is 1. The molecule has 1 aliphatic carbocycles. The van der Waals surface area contributed by atoms with Crippen LogP contribution in [0, 0.1) is 5.41 Å². The summed E-state index contributed by atoms with van der Waals surface area (Å²) in [6.07, 6.45) is 4.10. The van der Waals surface area contributed by atoms with E-state index in [4.69, 9.17) is 0 Å². The molecule has 1 atom stereocenters. The van der Waals surface area contributed by atoms with Crippen LogP contribution in [-0.4, -0.2) is 32.7 Å². The summed E-state index contributed by atoms with van der Waals surface area (Å²) in [5, 5.41) is 12.9. The molecule has 2 aliphatic heterocycles. The minimum absolute atomic E-state index is 0.0299. The molecule has 0 amide bonds.